The molecule has 1 aromatic rings. The molecular formula is C24H30BrN3O4. The third-order valence-electron chi connectivity index (χ3n) is 6.01. The van der Waals surface area contributed by atoms with E-state index in [1.54, 1.807) is 6.92 Å². The summed E-state index contributed by atoms with van der Waals surface area (Å²) >= 11 is 3.40. The lowest BCUT2D eigenvalue weighted by atomic mass is 9.85. The largest absolute Gasteiger partial charge is 0.352 e. The summed E-state index contributed by atoms with van der Waals surface area (Å²) in [5, 5.41) is 2.85. The Morgan fingerprint density at radius 2 is 1.62 bits per heavy atom. The normalized spacial score (nSPS) is 21.0. The zero-order chi connectivity index (χ0) is 23.4. The van der Waals surface area contributed by atoms with E-state index in [0.717, 1.165) is 10.0 Å². The number of nitrogens with zero attached hydrogens (tertiary/aromatic N) is 2. The number of nitrogens with one attached hydrogen (secondary N) is 1. The monoisotopic (exact) mass is 503 g/mol. The molecule has 2 aliphatic rings. The van der Waals surface area contributed by atoms with Gasteiger partial charge in [-0.2, -0.15) is 0 Å². The number of allylic oxidation sites excluding steroid dienone is 2. The van der Waals surface area contributed by atoms with Crippen molar-refractivity contribution in [3.8, 4) is 0 Å². The Kier molecular flexibility index (Phi) is 7.87. The molecule has 0 saturated carbocycles. The summed E-state index contributed by atoms with van der Waals surface area (Å²) in [7, 11) is 0. The summed E-state index contributed by atoms with van der Waals surface area (Å²) in [5.74, 6) is -1.51. The van der Waals surface area contributed by atoms with E-state index in [0.29, 0.717) is 12.8 Å². The fraction of sp³-hybridized carbons (Fsp3) is 0.500. The van der Waals surface area contributed by atoms with E-state index in [2.05, 4.69) is 21.2 Å². The van der Waals surface area contributed by atoms with Crippen molar-refractivity contribution in [1.29, 1.82) is 0 Å². The predicted octanol–water partition coefficient (Wildman–Crippen LogP) is 3.03. The molecule has 0 radical (unpaired) electrons. The van der Waals surface area contributed by atoms with Gasteiger partial charge >= 0.3 is 0 Å². The number of fused-ring (bicyclic) bond motifs is 1. The SMILES string of the molecule is CC(C)NC(=O)C(C)N(Cc1ccc(Br)cc1)C(=O)CCN1C(=O)[C@H]2CC=CC[C@H]2C1=O. The maximum Gasteiger partial charge on any atom is 0.242 e. The summed E-state index contributed by atoms with van der Waals surface area (Å²) in [6.07, 6.45) is 5.01. The molecule has 4 amide bonds. The van der Waals surface area contributed by atoms with Gasteiger partial charge in [-0.15, -0.1) is 0 Å². The molecule has 1 unspecified atom stereocenters. The molecule has 3 rings (SSSR count). The van der Waals surface area contributed by atoms with Crippen LogP contribution in [0.2, 0.25) is 0 Å². The second-order valence-corrected chi connectivity index (χ2v) is 9.64. The number of rotatable bonds is 8. The molecule has 1 aliphatic carbocycles. The smallest absolute Gasteiger partial charge is 0.242 e. The number of halogens is 1. The van der Waals surface area contributed by atoms with Gasteiger partial charge in [0, 0.05) is 30.0 Å². The van der Waals surface area contributed by atoms with Crippen LogP contribution in [0.1, 0.15) is 45.6 Å². The molecular weight excluding hydrogens is 474 g/mol. The van der Waals surface area contributed by atoms with Crippen molar-refractivity contribution in [3.63, 3.8) is 0 Å². The first-order chi connectivity index (χ1) is 15.2. The number of carbonyl (C=O) groups excluding carboxylic acids is 4. The van der Waals surface area contributed by atoms with Crippen LogP contribution in [0.5, 0.6) is 0 Å². The Morgan fingerprint density at radius 1 is 1.06 bits per heavy atom. The zero-order valence-corrected chi connectivity index (χ0v) is 20.3. The van der Waals surface area contributed by atoms with E-state index in [1.807, 2.05) is 50.3 Å². The van der Waals surface area contributed by atoms with Gasteiger partial charge in [0.15, 0.2) is 0 Å². The van der Waals surface area contributed by atoms with Crippen LogP contribution >= 0.6 is 15.9 Å². The zero-order valence-electron chi connectivity index (χ0n) is 18.7. The van der Waals surface area contributed by atoms with Gasteiger partial charge in [-0.1, -0.05) is 40.2 Å². The maximum atomic E-state index is 13.2. The minimum absolute atomic E-state index is 0.0137. The lowest BCUT2D eigenvalue weighted by molar-refractivity contribution is -0.143. The summed E-state index contributed by atoms with van der Waals surface area (Å²) < 4.78 is 0.923. The highest BCUT2D eigenvalue weighted by atomic mass is 79.9. The summed E-state index contributed by atoms with van der Waals surface area (Å²) in [5.41, 5.74) is 0.885. The third kappa shape index (κ3) is 5.46. The van der Waals surface area contributed by atoms with Gasteiger partial charge in [0.25, 0.3) is 0 Å². The number of carbonyl (C=O) groups is 4. The van der Waals surface area contributed by atoms with Gasteiger partial charge in [0.1, 0.15) is 6.04 Å². The van der Waals surface area contributed by atoms with E-state index < -0.39 is 6.04 Å². The third-order valence-corrected chi connectivity index (χ3v) is 6.54. The van der Waals surface area contributed by atoms with Crippen molar-refractivity contribution in [3.05, 3.63) is 46.5 Å². The Hall–Kier alpha value is -2.48. The lowest BCUT2D eigenvalue weighted by Crippen LogP contribution is -2.49. The molecule has 0 aromatic heterocycles. The molecule has 1 saturated heterocycles. The van der Waals surface area contributed by atoms with Crippen molar-refractivity contribution in [2.45, 2.75) is 58.7 Å². The van der Waals surface area contributed by atoms with Gasteiger partial charge < -0.3 is 10.2 Å². The van der Waals surface area contributed by atoms with Crippen molar-refractivity contribution in [2.75, 3.05) is 6.54 Å². The van der Waals surface area contributed by atoms with Crippen molar-refractivity contribution >= 4 is 39.6 Å². The molecule has 1 aliphatic heterocycles. The number of imide groups is 1. The van der Waals surface area contributed by atoms with Crippen LogP contribution in [0.4, 0.5) is 0 Å². The number of hydrogen-bond donors (Lipinski definition) is 1. The van der Waals surface area contributed by atoms with E-state index in [4.69, 9.17) is 0 Å². The molecule has 8 heteroatoms. The maximum absolute atomic E-state index is 13.2. The van der Waals surface area contributed by atoms with Crippen LogP contribution in [0.3, 0.4) is 0 Å². The van der Waals surface area contributed by atoms with Crippen molar-refractivity contribution < 1.29 is 19.2 Å². The van der Waals surface area contributed by atoms with Crippen molar-refractivity contribution in [1.82, 2.24) is 15.1 Å². The van der Waals surface area contributed by atoms with Gasteiger partial charge in [-0.3, -0.25) is 24.1 Å². The lowest BCUT2D eigenvalue weighted by Gasteiger charge is -2.30. The van der Waals surface area contributed by atoms with Crippen LogP contribution in [0, 0.1) is 11.8 Å². The van der Waals surface area contributed by atoms with Crippen LogP contribution in [-0.4, -0.2) is 52.1 Å². The number of amides is 4. The van der Waals surface area contributed by atoms with E-state index in [-0.39, 0.29) is 61.0 Å². The topological polar surface area (TPSA) is 86.8 Å². The van der Waals surface area contributed by atoms with Gasteiger partial charge in [0.2, 0.25) is 23.6 Å². The molecule has 3 atom stereocenters. The molecule has 1 fully saturated rings. The summed E-state index contributed by atoms with van der Waals surface area (Å²) in [4.78, 5) is 54.0. The number of benzene rings is 1. The summed E-state index contributed by atoms with van der Waals surface area (Å²) in [6, 6.07) is 6.81. The first-order valence-corrected chi connectivity index (χ1v) is 11.8. The first-order valence-electron chi connectivity index (χ1n) is 11.0. The van der Waals surface area contributed by atoms with Crippen LogP contribution < -0.4 is 5.32 Å². The molecule has 0 bridgehead atoms. The van der Waals surface area contributed by atoms with Gasteiger partial charge in [-0.05, 0) is 51.3 Å². The number of hydrogen-bond acceptors (Lipinski definition) is 4. The quantitative estimate of drug-likeness (QED) is 0.436. The van der Waals surface area contributed by atoms with Gasteiger partial charge in [-0.25, -0.2) is 0 Å². The standard InChI is InChI=1S/C24H30BrN3O4/c1-15(2)26-22(30)16(3)28(14-17-8-10-18(25)11-9-17)21(29)12-13-27-23(31)19-6-4-5-7-20(19)24(27)32/h4-5,8-11,15-16,19-20H,6-7,12-14H2,1-3H3,(H,26,30)/t16?,19-,20+. The van der Waals surface area contributed by atoms with Crippen LogP contribution in [0.15, 0.2) is 40.9 Å². The molecule has 1 N–H and O–H groups in total. The Labute approximate surface area is 197 Å². The molecule has 1 heterocycles. The van der Waals surface area contributed by atoms with Gasteiger partial charge in [0.05, 0.1) is 11.8 Å². The van der Waals surface area contributed by atoms with Crippen LogP contribution in [-0.2, 0) is 25.7 Å². The average Bonchev–Trinajstić information content (AvgIpc) is 3.00. The fourth-order valence-electron chi connectivity index (χ4n) is 4.21. The highest BCUT2D eigenvalue weighted by Gasteiger charge is 2.47. The van der Waals surface area contributed by atoms with E-state index in [1.165, 1.54) is 9.80 Å². The Bertz CT molecular complexity index is 886. The molecule has 172 valence electrons. The predicted molar refractivity (Wildman–Crippen MR) is 124 cm³/mol. The van der Waals surface area contributed by atoms with Crippen molar-refractivity contribution in [2.24, 2.45) is 11.8 Å². The second-order valence-electron chi connectivity index (χ2n) is 8.72. The Balaban J connectivity index is 1.71. The second kappa shape index (κ2) is 10.4. The molecule has 1 aromatic carbocycles. The summed E-state index contributed by atoms with van der Waals surface area (Å²) in [6.45, 7) is 5.73. The van der Waals surface area contributed by atoms with E-state index >= 15 is 0 Å². The Morgan fingerprint density at radius 3 is 2.16 bits per heavy atom. The molecule has 7 nitrogen and oxygen atoms in total. The first kappa shape index (κ1) is 24.2. The highest BCUT2D eigenvalue weighted by molar-refractivity contribution is 9.10. The number of likely N-dealkylation sites (tertiary alicyclic amines) is 1. The average molecular weight is 504 g/mol. The fourth-order valence-corrected chi connectivity index (χ4v) is 4.48. The minimum Gasteiger partial charge on any atom is -0.352 e. The molecule has 32 heavy (non-hydrogen) atoms. The highest BCUT2D eigenvalue weighted by Crippen LogP contribution is 2.35. The molecule has 0 spiro atoms. The van der Waals surface area contributed by atoms with E-state index in [9.17, 15) is 19.2 Å². The minimum atomic E-state index is -0.690. The van der Waals surface area contributed by atoms with Crippen LogP contribution in [0.25, 0.3) is 0 Å².